The molecule has 0 saturated carbocycles. The van der Waals surface area contributed by atoms with E-state index in [2.05, 4.69) is 17.9 Å². The third-order valence-corrected chi connectivity index (χ3v) is 3.76. The van der Waals surface area contributed by atoms with Gasteiger partial charge in [-0.15, -0.1) is 0 Å². The predicted molar refractivity (Wildman–Crippen MR) is 105 cm³/mol. The number of hydrogen-bond donors (Lipinski definition) is 1. The molecule has 0 aliphatic carbocycles. The molecule has 0 aliphatic heterocycles. The van der Waals surface area contributed by atoms with Gasteiger partial charge in [-0.25, -0.2) is 0 Å². The van der Waals surface area contributed by atoms with Gasteiger partial charge >= 0.3 is 0 Å². The fraction of sp³-hybridized carbons (Fsp3) is 0.409. The van der Waals surface area contributed by atoms with Crippen LogP contribution in [0.5, 0.6) is 5.75 Å². The number of aliphatic hydroxyl groups is 1. The standard InChI is InChI=1S/C22H27NO4/c1-16-13-17(2)15-19(14-16)26-12-6-11-23(5)21(24)20-8-7-18(27-20)9-10-22(3,4)25/h7-8,13-15,25H,6,11-12H2,1-5H3. The molecule has 0 atom stereocenters. The van der Waals surface area contributed by atoms with Crippen molar-refractivity contribution >= 4 is 5.91 Å². The summed E-state index contributed by atoms with van der Waals surface area (Å²) in [6.07, 6.45) is 0.710. The molecule has 1 heterocycles. The molecule has 5 nitrogen and oxygen atoms in total. The molecule has 144 valence electrons. The monoisotopic (exact) mass is 369 g/mol. The lowest BCUT2D eigenvalue weighted by molar-refractivity contribution is 0.0756. The Morgan fingerprint density at radius 2 is 1.89 bits per heavy atom. The molecule has 0 saturated heterocycles. The van der Waals surface area contributed by atoms with Crippen LogP contribution in [0.15, 0.2) is 34.7 Å². The molecule has 1 aromatic heterocycles. The zero-order valence-electron chi connectivity index (χ0n) is 16.6. The first-order valence-corrected chi connectivity index (χ1v) is 8.96. The van der Waals surface area contributed by atoms with Crippen LogP contribution in [-0.2, 0) is 0 Å². The summed E-state index contributed by atoms with van der Waals surface area (Å²) in [5.41, 5.74) is 1.22. The lowest BCUT2D eigenvalue weighted by Crippen LogP contribution is -2.28. The smallest absolute Gasteiger partial charge is 0.289 e. The molecule has 0 unspecified atom stereocenters. The van der Waals surface area contributed by atoms with Gasteiger partial charge in [-0.3, -0.25) is 4.79 Å². The van der Waals surface area contributed by atoms with Crippen LogP contribution >= 0.6 is 0 Å². The Morgan fingerprint density at radius 3 is 2.52 bits per heavy atom. The maximum Gasteiger partial charge on any atom is 0.289 e. The van der Waals surface area contributed by atoms with Gasteiger partial charge in [-0.05, 0) is 75.4 Å². The van der Waals surface area contributed by atoms with Gasteiger partial charge in [0.25, 0.3) is 5.91 Å². The lowest BCUT2D eigenvalue weighted by atomic mass is 10.1. The number of rotatable bonds is 6. The summed E-state index contributed by atoms with van der Waals surface area (Å²) >= 11 is 0. The Kier molecular flexibility index (Phi) is 6.70. The van der Waals surface area contributed by atoms with Crippen molar-refractivity contribution in [3.8, 4) is 17.6 Å². The number of benzene rings is 1. The summed E-state index contributed by atoms with van der Waals surface area (Å²) < 4.78 is 11.2. The van der Waals surface area contributed by atoms with E-state index >= 15 is 0 Å². The Hall–Kier alpha value is -2.71. The third kappa shape index (κ3) is 6.84. The van der Waals surface area contributed by atoms with Gasteiger partial charge in [0.2, 0.25) is 0 Å². The average Bonchev–Trinajstić information content (AvgIpc) is 3.03. The second-order valence-corrected chi connectivity index (χ2v) is 7.23. The maximum atomic E-state index is 12.4. The molecular weight excluding hydrogens is 342 g/mol. The van der Waals surface area contributed by atoms with E-state index in [1.54, 1.807) is 37.9 Å². The van der Waals surface area contributed by atoms with Crippen molar-refractivity contribution in [3.63, 3.8) is 0 Å². The van der Waals surface area contributed by atoms with Gasteiger partial charge in [0.05, 0.1) is 6.61 Å². The van der Waals surface area contributed by atoms with Crippen LogP contribution < -0.4 is 4.74 Å². The van der Waals surface area contributed by atoms with Crippen LogP contribution in [0, 0.1) is 25.7 Å². The number of amides is 1. The maximum absolute atomic E-state index is 12.4. The highest BCUT2D eigenvalue weighted by Crippen LogP contribution is 2.16. The molecule has 1 N–H and O–H groups in total. The zero-order valence-corrected chi connectivity index (χ0v) is 16.6. The van der Waals surface area contributed by atoms with Crippen LogP contribution in [0.25, 0.3) is 0 Å². The van der Waals surface area contributed by atoms with E-state index in [4.69, 9.17) is 9.15 Å². The van der Waals surface area contributed by atoms with E-state index in [0.29, 0.717) is 25.3 Å². The average molecular weight is 369 g/mol. The fourth-order valence-corrected chi connectivity index (χ4v) is 2.53. The van der Waals surface area contributed by atoms with Crippen molar-refractivity contribution in [2.75, 3.05) is 20.2 Å². The van der Waals surface area contributed by atoms with Crippen molar-refractivity contribution in [2.24, 2.45) is 0 Å². The van der Waals surface area contributed by atoms with Gasteiger partial charge in [-0.2, -0.15) is 0 Å². The normalized spacial score (nSPS) is 10.9. The fourth-order valence-electron chi connectivity index (χ4n) is 2.53. The van der Waals surface area contributed by atoms with Crippen molar-refractivity contribution in [1.82, 2.24) is 4.90 Å². The first-order chi connectivity index (χ1) is 12.6. The largest absolute Gasteiger partial charge is 0.494 e. The number of aryl methyl sites for hydroxylation is 2. The molecular formula is C22H27NO4. The van der Waals surface area contributed by atoms with E-state index in [0.717, 1.165) is 5.75 Å². The first kappa shape index (κ1) is 20.6. The SMILES string of the molecule is Cc1cc(C)cc(OCCCN(C)C(=O)c2ccc(C#CC(C)(C)O)o2)c1. The minimum atomic E-state index is -1.11. The summed E-state index contributed by atoms with van der Waals surface area (Å²) in [5.74, 6) is 6.60. The third-order valence-electron chi connectivity index (χ3n) is 3.76. The lowest BCUT2D eigenvalue weighted by Gasteiger charge is -2.16. The van der Waals surface area contributed by atoms with E-state index < -0.39 is 5.60 Å². The summed E-state index contributed by atoms with van der Waals surface area (Å²) in [6, 6.07) is 9.33. The Balaban J connectivity index is 1.83. The van der Waals surface area contributed by atoms with Gasteiger partial charge in [0, 0.05) is 13.6 Å². The van der Waals surface area contributed by atoms with Crippen molar-refractivity contribution < 1.29 is 19.1 Å². The Bertz CT molecular complexity index is 829. The van der Waals surface area contributed by atoms with Crippen molar-refractivity contribution in [3.05, 3.63) is 53.0 Å². The van der Waals surface area contributed by atoms with Gasteiger partial charge < -0.3 is 19.2 Å². The highest BCUT2D eigenvalue weighted by Gasteiger charge is 2.15. The number of carbonyl (C=O) groups is 1. The number of ether oxygens (including phenoxy) is 1. The van der Waals surface area contributed by atoms with E-state index in [9.17, 15) is 9.90 Å². The van der Waals surface area contributed by atoms with Gasteiger partial charge in [0.1, 0.15) is 11.4 Å². The minimum Gasteiger partial charge on any atom is -0.494 e. The molecule has 0 bridgehead atoms. The molecule has 0 fully saturated rings. The molecule has 1 amide bonds. The number of nitrogens with zero attached hydrogens (tertiary/aromatic N) is 1. The summed E-state index contributed by atoms with van der Waals surface area (Å²) in [6.45, 7) is 8.33. The summed E-state index contributed by atoms with van der Waals surface area (Å²) in [7, 11) is 1.73. The predicted octanol–water partition coefficient (Wildman–Crippen LogP) is 3.56. The Morgan fingerprint density at radius 1 is 1.22 bits per heavy atom. The summed E-state index contributed by atoms with van der Waals surface area (Å²) in [4.78, 5) is 14.0. The van der Waals surface area contributed by atoms with Crippen molar-refractivity contribution in [1.29, 1.82) is 0 Å². The van der Waals surface area contributed by atoms with Gasteiger partial charge in [-0.1, -0.05) is 12.0 Å². The second-order valence-electron chi connectivity index (χ2n) is 7.23. The van der Waals surface area contributed by atoms with Gasteiger partial charge in [0.15, 0.2) is 11.5 Å². The molecule has 1 aromatic carbocycles. The van der Waals surface area contributed by atoms with E-state index in [1.807, 2.05) is 26.0 Å². The van der Waals surface area contributed by atoms with Crippen LogP contribution in [0.4, 0.5) is 0 Å². The van der Waals surface area contributed by atoms with E-state index in [-0.39, 0.29) is 11.7 Å². The zero-order chi connectivity index (χ0) is 20.0. The number of hydrogen-bond acceptors (Lipinski definition) is 4. The van der Waals surface area contributed by atoms with Crippen LogP contribution in [0.1, 0.15) is 47.7 Å². The number of furan rings is 1. The molecule has 0 aliphatic rings. The highest BCUT2D eigenvalue weighted by molar-refractivity contribution is 5.91. The molecule has 2 rings (SSSR count). The Labute approximate surface area is 160 Å². The van der Waals surface area contributed by atoms with Crippen LogP contribution in [0.3, 0.4) is 0 Å². The first-order valence-electron chi connectivity index (χ1n) is 8.96. The molecule has 27 heavy (non-hydrogen) atoms. The van der Waals surface area contributed by atoms with Crippen molar-refractivity contribution in [2.45, 2.75) is 39.7 Å². The minimum absolute atomic E-state index is 0.210. The second kappa shape index (κ2) is 8.79. The van der Waals surface area contributed by atoms with Crippen LogP contribution in [0.2, 0.25) is 0 Å². The molecule has 0 spiro atoms. The molecule has 2 aromatic rings. The topological polar surface area (TPSA) is 62.9 Å². The highest BCUT2D eigenvalue weighted by atomic mass is 16.5. The quantitative estimate of drug-likeness (QED) is 0.625. The van der Waals surface area contributed by atoms with Crippen LogP contribution in [-0.4, -0.2) is 41.7 Å². The summed E-state index contributed by atoms with van der Waals surface area (Å²) in [5, 5.41) is 9.61. The molecule has 5 heteroatoms. The molecule has 0 radical (unpaired) electrons. The van der Waals surface area contributed by atoms with E-state index in [1.165, 1.54) is 11.1 Å². The number of carbonyl (C=O) groups excluding carboxylic acids is 1.